The highest BCUT2D eigenvalue weighted by atomic mass is 16.5. The Balaban J connectivity index is 1.63. The second kappa shape index (κ2) is 7.24. The fourth-order valence-electron chi connectivity index (χ4n) is 3.26. The second-order valence-corrected chi connectivity index (χ2v) is 6.70. The molecule has 1 N–H and O–H groups in total. The third kappa shape index (κ3) is 3.25. The van der Waals surface area contributed by atoms with Crippen molar-refractivity contribution in [3.05, 3.63) is 89.0 Å². The SMILES string of the molecule is COc1cc(NC(=O)c2ccc(C)cc2)ccc1N1C(=O)c2ccccc2C1=O. The Morgan fingerprint density at radius 1 is 0.897 bits per heavy atom. The van der Waals surface area contributed by atoms with Gasteiger partial charge in [0, 0.05) is 17.3 Å². The van der Waals surface area contributed by atoms with Crippen LogP contribution in [0.1, 0.15) is 36.6 Å². The lowest BCUT2D eigenvalue weighted by Crippen LogP contribution is -2.29. The molecule has 3 amide bonds. The normalized spacial score (nSPS) is 12.7. The number of aryl methyl sites for hydroxylation is 1. The van der Waals surface area contributed by atoms with Gasteiger partial charge in [-0.1, -0.05) is 29.8 Å². The number of nitrogens with zero attached hydrogens (tertiary/aromatic N) is 1. The van der Waals surface area contributed by atoms with Crippen LogP contribution in [0, 0.1) is 6.92 Å². The lowest BCUT2D eigenvalue weighted by atomic mass is 10.1. The lowest BCUT2D eigenvalue weighted by Gasteiger charge is -2.18. The number of methoxy groups -OCH3 is 1. The molecule has 0 aromatic heterocycles. The van der Waals surface area contributed by atoms with Crippen molar-refractivity contribution >= 4 is 29.1 Å². The van der Waals surface area contributed by atoms with Crippen molar-refractivity contribution in [3.8, 4) is 5.75 Å². The molecule has 6 nitrogen and oxygen atoms in total. The quantitative estimate of drug-likeness (QED) is 0.686. The minimum atomic E-state index is -0.402. The van der Waals surface area contributed by atoms with E-state index >= 15 is 0 Å². The standard InChI is InChI=1S/C23H18N2O4/c1-14-7-9-15(10-8-14)21(26)24-16-11-12-19(20(13-16)29-2)25-22(27)17-5-3-4-6-18(17)23(25)28/h3-13H,1-2H3,(H,24,26). The van der Waals surface area contributed by atoms with Crippen molar-refractivity contribution in [3.63, 3.8) is 0 Å². The fraction of sp³-hybridized carbons (Fsp3) is 0.0870. The molecule has 3 aromatic carbocycles. The van der Waals surface area contributed by atoms with Crippen molar-refractivity contribution in [2.45, 2.75) is 6.92 Å². The molecule has 144 valence electrons. The van der Waals surface area contributed by atoms with E-state index in [0.717, 1.165) is 10.5 Å². The van der Waals surface area contributed by atoms with Crippen LogP contribution < -0.4 is 15.0 Å². The van der Waals surface area contributed by atoms with Crippen LogP contribution in [0.2, 0.25) is 0 Å². The minimum absolute atomic E-state index is 0.263. The first-order valence-corrected chi connectivity index (χ1v) is 9.03. The molecule has 4 rings (SSSR count). The van der Waals surface area contributed by atoms with Crippen LogP contribution >= 0.6 is 0 Å². The van der Waals surface area contributed by atoms with Gasteiger partial charge >= 0.3 is 0 Å². The van der Waals surface area contributed by atoms with Gasteiger partial charge in [0.15, 0.2) is 0 Å². The number of amides is 3. The number of imide groups is 1. The van der Waals surface area contributed by atoms with E-state index in [0.29, 0.717) is 33.8 Å². The van der Waals surface area contributed by atoms with Gasteiger partial charge in [-0.15, -0.1) is 0 Å². The van der Waals surface area contributed by atoms with Gasteiger partial charge in [-0.25, -0.2) is 4.90 Å². The molecule has 0 bridgehead atoms. The Bertz CT molecular complexity index is 1100. The first kappa shape index (κ1) is 18.4. The topological polar surface area (TPSA) is 75.7 Å². The summed E-state index contributed by atoms with van der Waals surface area (Å²) in [7, 11) is 1.45. The van der Waals surface area contributed by atoms with E-state index in [1.165, 1.54) is 7.11 Å². The average molecular weight is 386 g/mol. The van der Waals surface area contributed by atoms with Crippen molar-refractivity contribution in [2.24, 2.45) is 0 Å². The molecular weight excluding hydrogens is 368 g/mol. The smallest absolute Gasteiger partial charge is 0.266 e. The fourth-order valence-corrected chi connectivity index (χ4v) is 3.26. The van der Waals surface area contributed by atoms with E-state index in [2.05, 4.69) is 5.32 Å². The number of nitrogens with one attached hydrogen (secondary N) is 1. The summed E-state index contributed by atoms with van der Waals surface area (Å²) >= 11 is 0. The van der Waals surface area contributed by atoms with Gasteiger partial charge in [-0.05, 0) is 43.3 Å². The predicted molar refractivity (Wildman–Crippen MR) is 110 cm³/mol. The summed E-state index contributed by atoms with van der Waals surface area (Å²) in [5.74, 6) is -0.762. The van der Waals surface area contributed by atoms with Crippen LogP contribution in [0.4, 0.5) is 11.4 Å². The van der Waals surface area contributed by atoms with Crippen LogP contribution in [0.15, 0.2) is 66.7 Å². The Hall–Kier alpha value is -3.93. The lowest BCUT2D eigenvalue weighted by molar-refractivity contribution is 0.0923. The number of rotatable bonds is 4. The molecule has 1 aliphatic rings. The molecule has 0 fully saturated rings. The number of hydrogen-bond acceptors (Lipinski definition) is 4. The Kier molecular flexibility index (Phi) is 4.60. The molecule has 0 atom stereocenters. The van der Waals surface area contributed by atoms with Gasteiger partial charge in [0.1, 0.15) is 5.75 Å². The summed E-state index contributed by atoms with van der Waals surface area (Å²) in [5, 5.41) is 2.80. The zero-order chi connectivity index (χ0) is 20.5. The van der Waals surface area contributed by atoms with E-state index in [1.807, 2.05) is 19.1 Å². The van der Waals surface area contributed by atoms with Crippen LogP contribution in [0.25, 0.3) is 0 Å². The maximum Gasteiger partial charge on any atom is 0.266 e. The van der Waals surface area contributed by atoms with E-state index in [4.69, 9.17) is 4.74 Å². The first-order valence-electron chi connectivity index (χ1n) is 9.03. The highest BCUT2D eigenvalue weighted by Gasteiger charge is 2.37. The zero-order valence-electron chi connectivity index (χ0n) is 15.9. The molecule has 3 aromatic rings. The summed E-state index contributed by atoms with van der Waals surface area (Å²) in [6.45, 7) is 1.95. The molecule has 1 aliphatic heterocycles. The monoisotopic (exact) mass is 386 g/mol. The molecule has 0 radical (unpaired) electrons. The van der Waals surface area contributed by atoms with Crippen LogP contribution in [0.5, 0.6) is 5.75 Å². The molecule has 0 saturated heterocycles. The van der Waals surface area contributed by atoms with Gasteiger partial charge < -0.3 is 10.1 Å². The molecule has 29 heavy (non-hydrogen) atoms. The van der Waals surface area contributed by atoms with Crippen molar-refractivity contribution in [2.75, 3.05) is 17.3 Å². The molecule has 0 unspecified atom stereocenters. The minimum Gasteiger partial charge on any atom is -0.494 e. The maximum atomic E-state index is 12.7. The summed E-state index contributed by atoms with van der Waals surface area (Å²) in [4.78, 5) is 39.0. The van der Waals surface area contributed by atoms with Gasteiger partial charge in [0.05, 0.1) is 23.9 Å². The van der Waals surface area contributed by atoms with Crippen LogP contribution in [-0.4, -0.2) is 24.8 Å². The number of carbonyl (C=O) groups is 3. The molecule has 1 heterocycles. The average Bonchev–Trinajstić information content (AvgIpc) is 2.99. The molecular formula is C23H18N2O4. The van der Waals surface area contributed by atoms with Crippen molar-refractivity contribution in [1.82, 2.24) is 0 Å². The molecule has 0 spiro atoms. The summed E-state index contributed by atoms with van der Waals surface area (Å²) in [5.41, 5.74) is 3.12. The van der Waals surface area contributed by atoms with Crippen LogP contribution in [-0.2, 0) is 0 Å². The highest BCUT2D eigenvalue weighted by molar-refractivity contribution is 6.34. The van der Waals surface area contributed by atoms with E-state index in [9.17, 15) is 14.4 Å². The van der Waals surface area contributed by atoms with Crippen LogP contribution in [0.3, 0.4) is 0 Å². The number of carbonyl (C=O) groups excluding carboxylic acids is 3. The first-order chi connectivity index (χ1) is 14.0. The number of benzene rings is 3. The second-order valence-electron chi connectivity index (χ2n) is 6.70. The van der Waals surface area contributed by atoms with Gasteiger partial charge in [0.25, 0.3) is 17.7 Å². The largest absolute Gasteiger partial charge is 0.494 e. The summed E-state index contributed by atoms with van der Waals surface area (Å²) in [6, 6.07) is 18.7. The summed E-state index contributed by atoms with van der Waals surface area (Å²) < 4.78 is 5.40. The summed E-state index contributed by atoms with van der Waals surface area (Å²) in [6.07, 6.45) is 0. The third-order valence-corrected chi connectivity index (χ3v) is 4.79. The maximum absolute atomic E-state index is 12.7. The van der Waals surface area contributed by atoms with Gasteiger partial charge in [-0.2, -0.15) is 0 Å². The highest BCUT2D eigenvalue weighted by Crippen LogP contribution is 2.36. The number of ether oxygens (including phenoxy) is 1. The molecule has 0 aliphatic carbocycles. The van der Waals surface area contributed by atoms with Gasteiger partial charge in [-0.3, -0.25) is 14.4 Å². The Morgan fingerprint density at radius 2 is 1.52 bits per heavy atom. The molecule has 0 saturated carbocycles. The van der Waals surface area contributed by atoms with Crippen molar-refractivity contribution < 1.29 is 19.1 Å². The van der Waals surface area contributed by atoms with E-state index in [-0.39, 0.29) is 5.91 Å². The molecule has 6 heteroatoms. The third-order valence-electron chi connectivity index (χ3n) is 4.79. The number of hydrogen-bond donors (Lipinski definition) is 1. The Labute approximate surface area is 167 Å². The Morgan fingerprint density at radius 3 is 2.10 bits per heavy atom. The van der Waals surface area contributed by atoms with E-state index < -0.39 is 11.8 Å². The van der Waals surface area contributed by atoms with Gasteiger partial charge in [0.2, 0.25) is 0 Å². The number of anilines is 2. The predicted octanol–water partition coefficient (Wildman–Crippen LogP) is 4.06. The number of fused-ring (bicyclic) bond motifs is 1. The van der Waals surface area contributed by atoms with Crippen molar-refractivity contribution in [1.29, 1.82) is 0 Å². The van der Waals surface area contributed by atoms with E-state index in [1.54, 1.807) is 54.6 Å². The zero-order valence-corrected chi connectivity index (χ0v) is 15.9.